The summed E-state index contributed by atoms with van der Waals surface area (Å²) in [6, 6.07) is 0. The molecule has 0 aromatic carbocycles. The summed E-state index contributed by atoms with van der Waals surface area (Å²) in [5.74, 6) is 4.11. The van der Waals surface area contributed by atoms with Gasteiger partial charge in [0.05, 0.1) is 11.6 Å². The molecular formula is C22H33N5O. The van der Waals surface area contributed by atoms with E-state index in [1.807, 2.05) is 25.2 Å². The van der Waals surface area contributed by atoms with Crippen LogP contribution in [0.5, 0.6) is 0 Å². The Balaban J connectivity index is 1.38. The van der Waals surface area contributed by atoms with Gasteiger partial charge in [-0.15, -0.1) is 0 Å². The summed E-state index contributed by atoms with van der Waals surface area (Å²) in [6.45, 7) is 2.04. The first-order valence-corrected chi connectivity index (χ1v) is 11.1. The van der Waals surface area contributed by atoms with Crippen molar-refractivity contribution in [1.29, 1.82) is 0 Å². The molecule has 1 aromatic rings. The van der Waals surface area contributed by atoms with Gasteiger partial charge >= 0.3 is 0 Å². The lowest BCUT2D eigenvalue weighted by molar-refractivity contribution is -0.140. The third kappa shape index (κ3) is 3.15. The summed E-state index contributed by atoms with van der Waals surface area (Å²) in [7, 11) is 3.98. The van der Waals surface area contributed by atoms with Gasteiger partial charge in [0.15, 0.2) is 5.82 Å². The molecular weight excluding hydrogens is 350 g/mol. The van der Waals surface area contributed by atoms with Crippen LogP contribution in [0.25, 0.3) is 0 Å². The minimum absolute atomic E-state index is 0.149. The van der Waals surface area contributed by atoms with Gasteiger partial charge in [0, 0.05) is 27.2 Å². The SMILES string of the molecule is CN(C)c1nc(N2CCCCC2)ncc1NC(=O)C12CC3CC(CC(C3)C1)C2. The quantitative estimate of drug-likeness (QED) is 0.859. The lowest BCUT2D eigenvalue weighted by atomic mass is 9.49. The molecule has 1 aliphatic heterocycles. The van der Waals surface area contributed by atoms with Crippen molar-refractivity contribution in [1.82, 2.24) is 9.97 Å². The Labute approximate surface area is 168 Å². The first-order chi connectivity index (χ1) is 13.5. The Kier molecular flexibility index (Phi) is 4.48. The monoisotopic (exact) mass is 383 g/mol. The number of carbonyl (C=O) groups excluding carboxylic acids is 1. The molecule has 0 radical (unpaired) electrons. The van der Waals surface area contributed by atoms with E-state index in [-0.39, 0.29) is 11.3 Å². The molecule has 0 unspecified atom stereocenters. The Morgan fingerprint density at radius 3 is 2.25 bits per heavy atom. The van der Waals surface area contributed by atoms with Crippen LogP contribution >= 0.6 is 0 Å². The number of anilines is 3. The summed E-state index contributed by atoms with van der Waals surface area (Å²) in [5.41, 5.74) is 0.607. The second-order valence-corrected chi connectivity index (χ2v) is 10.0. The maximum Gasteiger partial charge on any atom is 0.230 e. The lowest BCUT2D eigenvalue weighted by Crippen LogP contribution is -2.51. The van der Waals surface area contributed by atoms with Gasteiger partial charge in [-0.1, -0.05) is 0 Å². The lowest BCUT2D eigenvalue weighted by Gasteiger charge is -2.55. The van der Waals surface area contributed by atoms with Gasteiger partial charge in [-0.2, -0.15) is 4.98 Å². The first-order valence-electron chi connectivity index (χ1n) is 11.1. The number of hydrogen-bond donors (Lipinski definition) is 1. The summed E-state index contributed by atoms with van der Waals surface area (Å²) in [4.78, 5) is 27.1. The van der Waals surface area contributed by atoms with Crippen LogP contribution in [-0.2, 0) is 4.79 Å². The molecule has 0 atom stereocenters. The van der Waals surface area contributed by atoms with Gasteiger partial charge in [-0.3, -0.25) is 4.79 Å². The van der Waals surface area contributed by atoms with Crippen molar-refractivity contribution >= 4 is 23.4 Å². The third-order valence-electron chi connectivity index (χ3n) is 7.59. The fourth-order valence-corrected chi connectivity index (χ4v) is 6.68. The number of carbonyl (C=O) groups is 1. The zero-order valence-electron chi connectivity index (χ0n) is 17.3. The number of nitrogens with one attached hydrogen (secondary N) is 1. The average Bonchev–Trinajstić information content (AvgIpc) is 2.67. The van der Waals surface area contributed by atoms with Crippen molar-refractivity contribution in [3.05, 3.63) is 6.20 Å². The minimum atomic E-state index is -0.149. The Morgan fingerprint density at radius 1 is 1.07 bits per heavy atom. The van der Waals surface area contributed by atoms with Gasteiger partial charge in [-0.25, -0.2) is 4.98 Å². The molecule has 4 aliphatic carbocycles. The van der Waals surface area contributed by atoms with Crippen LogP contribution in [0, 0.1) is 23.2 Å². The van der Waals surface area contributed by atoms with E-state index in [9.17, 15) is 4.79 Å². The van der Waals surface area contributed by atoms with E-state index in [0.717, 1.165) is 67.6 Å². The second-order valence-electron chi connectivity index (χ2n) is 10.0. The Hall–Kier alpha value is -1.85. The van der Waals surface area contributed by atoms with Crippen molar-refractivity contribution in [2.45, 2.75) is 57.8 Å². The summed E-state index contributed by atoms with van der Waals surface area (Å²) < 4.78 is 0. The highest BCUT2D eigenvalue weighted by Crippen LogP contribution is 2.60. The molecule has 2 heterocycles. The summed E-state index contributed by atoms with van der Waals surface area (Å²) in [6.07, 6.45) is 12.8. The van der Waals surface area contributed by atoms with Crippen LogP contribution in [0.4, 0.5) is 17.5 Å². The maximum atomic E-state index is 13.4. The molecule has 152 valence electrons. The number of aromatic nitrogens is 2. The molecule has 6 heteroatoms. The van der Waals surface area contributed by atoms with E-state index >= 15 is 0 Å². The molecule has 4 bridgehead atoms. The van der Waals surface area contributed by atoms with E-state index in [0.29, 0.717) is 0 Å². The second kappa shape index (κ2) is 6.89. The molecule has 4 saturated carbocycles. The highest BCUT2D eigenvalue weighted by atomic mass is 16.2. The fourth-order valence-electron chi connectivity index (χ4n) is 6.68. The molecule has 5 fully saturated rings. The number of nitrogens with zero attached hydrogens (tertiary/aromatic N) is 4. The van der Waals surface area contributed by atoms with Gasteiger partial charge in [0.25, 0.3) is 0 Å². The molecule has 28 heavy (non-hydrogen) atoms. The van der Waals surface area contributed by atoms with Crippen molar-refractivity contribution < 1.29 is 4.79 Å². The third-order valence-corrected chi connectivity index (χ3v) is 7.59. The summed E-state index contributed by atoms with van der Waals surface area (Å²) in [5, 5.41) is 3.25. The van der Waals surface area contributed by atoms with Crippen LogP contribution in [-0.4, -0.2) is 43.1 Å². The van der Waals surface area contributed by atoms with Gasteiger partial charge in [0.1, 0.15) is 5.69 Å². The van der Waals surface area contributed by atoms with Crippen LogP contribution in [0.3, 0.4) is 0 Å². The van der Waals surface area contributed by atoms with E-state index in [1.165, 1.54) is 38.5 Å². The Morgan fingerprint density at radius 2 is 1.68 bits per heavy atom. The smallest absolute Gasteiger partial charge is 0.230 e. The predicted molar refractivity (Wildman–Crippen MR) is 112 cm³/mol. The molecule has 5 aliphatic rings. The molecule has 6 nitrogen and oxygen atoms in total. The zero-order chi connectivity index (χ0) is 19.3. The van der Waals surface area contributed by atoms with Crippen molar-refractivity contribution in [3.8, 4) is 0 Å². The Bertz CT molecular complexity index is 720. The molecule has 1 amide bonds. The van der Waals surface area contributed by atoms with E-state index in [2.05, 4.69) is 15.2 Å². The molecule has 1 N–H and O–H groups in total. The number of piperidine rings is 1. The molecule has 1 aromatic heterocycles. The van der Waals surface area contributed by atoms with E-state index in [4.69, 9.17) is 4.98 Å². The predicted octanol–water partition coefficient (Wildman–Crippen LogP) is 3.69. The van der Waals surface area contributed by atoms with Crippen molar-refractivity contribution in [2.24, 2.45) is 23.2 Å². The number of amides is 1. The first kappa shape index (κ1) is 18.2. The van der Waals surface area contributed by atoms with Crippen LogP contribution in [0.1, 0.15) is 57.8 Å². The fraction of sp³-hybridized carbons (Fsp3) is 0.773. The highest BCUT2D eigenvalue weighted by Gasteiger charge is 2.54. The van der Waals surface area contributed by atoms with Gasteiger partial charge in [0.2, 0.25) is 11.9 Å². The van der Waals surface area contributed by atoms with Crippen molar-refractivity contribution in [3.63, 3.8) is 0 Å². The maximum absolute atomic E-state index is 13.4. The molecule has 1 saturated heterocycles. The summed E-state index contributed by atoms with van der Waals surface area (Å²) >= 11 is 0. The number of rotatable bonds is 4. The average molecular weight is 384 g/mol. The van der Waals surface area contributed by atoms with Crippen molar-refractivity contribution in [2.75, 3.05) is 42.3 Å². The zero-order valence-corrected chi connectivity index (χ0v) is 17.3. The molecule has 6 rings (SSSR count). The van der Waals surface area contributed by atoms with Gasteiger partial charge < -0.3 is 15.1 Å². The van der Waals surface area contributed by atoms with E-state index < -0.39 is 0 Å². The van der Waals surface area contributed by atoms with E-state index in [1.54, 1.807) is 0 Å². The normalized spacial score (nSPS) is 33.8. The minimum Gasteiger partial charge on any atom is -0.361 e. The number of hydrogen-bond acceptors (Lipinski definition) is 5. The highest BCUT2D eigenvalue weighted by molar-refractivity contribution is 5.97. The topological polar surface area (TPSA) is 61.4 Å². The largest absolute Gasteiger partial charge is 0.361 e. The molecule has 0 spiro atoms. The standard InChI is InChI=1S/C22H33N5O/c1-26(2)19-18(14-23-21(25-19)27-6-4-3-5-7-27)24-20(28)22-11-15-8-16(12-22)10-17(9-15)13-22/h14-17H,3-13H2,1-2H3,(H,24,28). The van der Waals surface area contributed by atoms with Gasteiger partial charge in [-0.05, 0) is 75.5 Å². The van der Waals surface area contributed by atoms with Crippen LogP contribution in [0.2, 0.25) is 0 Å². The van der Waals surface area contributed by atoms with Crippen LogP contribution < -0.4 is 15.1 Å². The van der Waals surface area contributed by atoms with Crippen LogP contribution in [0.15, 0.2) is 6.20 Å².